The summed E-state index contributed by atoms with van der Waals surface area (Å²) in [6, 6.07) is 6.07. The first kappa shape index (κ1) is 12.7. The average molecular weight is 373 g/mol. The Balaban J connectivity index is 1.71. The van der Waals surface area contributed by atoms with Crippen LogP contribution in [0.4, 0.5) is 0 Å². The van der Waals surface area contributed by atoms with Crippen molar-refractivity contribution in [2.24, 2.45) is 11.8 Å². The van der Waals surface area contributed by atoms with Crippen molar-refractivity contribution in [1.29, 1.82) is 0 Å². The second kappa shape index (κ2) is 4.97. The summed E-state index contributed by atoms with van der Waals surface area (Å²) in [4.78, 5) is 12.2. The first-order valence-corrected chi connectivity index (χ1v) is 7.97. The molecule has 1 aromatic carbocycles. The van der Waals surface area contributed by atoms with E-state index in [0.29, 0.717) is 6.04 Å². The molecule has 2 fully saturated rings. The Bertz CT molecular complexity index is 468. The highest BCUT2D eigenvalue weighted by Gasteiger charge is 2.40. The van der Waals surface area contributed by atoms with Crippen molar-refractivity contribution in [2.75, 3.05) is 0 Å². The molecule has 4 heteroatoms. The van der Waals surface area contributed by atoms with Gasteiger partial charge in [-0.3, -0.25) is 4.79 Å². The number of halogens is 2. The second-order valence-electron chi connectivity index (χ2n) is 5.41. The molecule has 0 saturated heterocycles. The molecule has 0 spiro atoms. The lowest BCUT2D eigenvalue weighted by Gasteiger charge is -2.23. The van der Waals surface area contributed by atoms with Gasteiger partial charge in [0.05, 0.1) is 0 Å². The van der Waals surface area contributed by atoms with Crippen LogP contribution in [-0.2, 0) is 0 Å². The fraction of sp³-hybridized carbons (Fsp3) is 0.500. The van der Waals surface area contributed by atoms with E-state index in [9.17, 15) is 4.79 Å². The maximum atomic E-state index is 12.2. The molecule has 1 aromatic rings. The Hall–Kier alpha value is -0.350. The van der Waals surface area contributed by atoms with Gasteiger partial charge in [-0.15, -0.1) is 0 Å². The number of benzene rings is 1. The number of carbonyl (C=O) groups is 1. The molecule has 0 aliphatic heterocycles. The molecule has 0 radical (unpaired) electrons. The number of nitrogens with one attached hydrogen (secondary N) is 1. The van der Waals surface area contributed by atoms with Gasteiger partial charge in [-0.1, -0.05) is 38.3 Å². The fourth-order valence-electron chi connectivity index (χ4n) is 3.36. The van der Waals surface area contributed by atoms with E-state index in [4.69, 9.17) is 0 Å². The zero-order valence-electron chi connectivity index (χ0n) is 9.96. The number of rotatable bonds is 2. The predicted molar refractivity (Wildman–Crippen MR) is 78.5 cm³/mol. The van der Waals surface area contributed by atoms with E-state index in [2.05, 4.69) is 37.2 Å². The van der Waals surface area contributed by atoms with Gasteiger partial charge in [-0.2, -0.15) is 0 Å². The third-order valence-corrected chi connectivity index (χ3v) is 5.10. The molecule has 1 N–H and O–H groups in total. The minimum atomic E-state index is 0.0505. The van der Waals surface area contributed by atoms with Gasteiger partial charge < -0.3 is 5.32 Å². The van der Waals surface area contributed by atoms with E-state index >= 15 is 0 Å². The normalized spacial score (nSPS) is 29.6. The summed E-state index contributed by atoms with van der Waals surface area (Å²) in [6.45, 7) is 0. The van der Waals surface area contributed by atoms with Gasteiger partial charge in [0.1, 0.15) is 0 Å². The van der Waals surface area contributed by atoms with Crippen molar-refractivity contribution in [2.45, 2.75) is 31.7 Å². The summed E-state index contributed by atoms with van der Waals surface area (Å²) in [5.41, 5.74) is 0.721. The molecule has 3 rings (SSSR count). The van der Waals surface area contributed by atoms with Crippen molar-refractivity contribution in [3.05, 3.63) is 32.7 Å². The number of carbonyl (C=O) groups excluding carboxylic acids is 1. The van der Waals surface area contributed by atoms with Gasteiger partial charge in [0.2, 0.25) is 0 Å². The molecule has 3 atom stereocenters. The van der Waals surface area contributed by atoms with E-state index in [1.807, 2.05) is 18.2 Å². The van der Waals surface area contributed by atoms with E-state index in [0.717, 1.165) is 26.3 Å². The van der Waals surface area contributed by atoms with Crippen molar-refractivity contribution >= 4 is 37.8 Å². The number of fused-ring (bicyclic) bond motifs is 2. The van der Waals surface area contributed by atoms with Crippen molar-refractivity contribution in [3.8, 4) is 0 Å². The van der Waals surface area contributed by atoms with E-state index in [1.54, 1.807) is 0 Å². The molecule has 1 amide bonds. The number of hydrogen-bond donors (Lipinski definition) is 1. The quantitative estimate of drug-likeness (QED) is 0.830. The number of hydrogen-bond acceptors (Lipinski definition) is 1. The minimum Gasteiger partial charge on any atom is -0.349 e. The molecule has 96 valence electrons. The molecule has 2 saturated carbocycles. The summed E-state index contributed by atoms with van der Waals surface area (Å²) in [5.74, 6) is 1.62. The monoisotopic (exact) mass is 371 g/mol. The Labute approximate surface area is 124 Å². The van der Waals surface area contributed by atoms with Crippen LogP contribution >= 0.6 is 31.9 Å². The fourth-order valence-corrected chi connectivity index (χ4v) is 4.65. The molecule has 2 aliphatic rings. The SMILES string of the molecule is O=C(NC1CC2CCC1C2)c1cc(Br)cc(Br)c1. The van der Waals surface area contributed by atoms with E-state index in [-0.39, 0.29) is 5.91 Å². The van der Waals surface area contributed by atoms with Crippen molar-refractivity contribution < 1.29 is 4.79 Å². The van der Waals surface area contributed by atoms with Gasteiger partial charge in [-0.25, -0.2) is 0 Å². The van der Waals surface area contributed by atoms with Crippen LogP contribution in [-0.4, -0.2) is 11.9 Å². The Morgan fingerprint density at radius 2 is 1.83 bits per heavy atom. The van der Waals surface area contributed by atoms with Crippen LogP contribution in [0.2, 0.25) is 0 Å². The van der Waals surface area contributed by atoms with Crippen molar-refractivity contribution in [1.82, 2.24) is 5.32 Å². The highest BCUT2D eigenvalue weighted by molar-refractivity contribution is 9.11. The largest absolute Gasteiger partial charge is 0.349 e. The van der Waals surface area contributed by atoms with Gasteiger partial charge in [0.25, 0.3) is 5.91 Å². The van der Waals surface area contributed by atoms with Crippen LogP contribution < -0.4 is 5.32 Å². The molecule has 2 aliphatic carbocycles. The van der Waals surface area contributed by atoms with Crippen molar-refractivity contribution in [3.63, 3.8) is 0 Å². The van der Waals surface area contributed by atoms with Crippen LogP contribution in [0.1, 0.15) is 36.0 Å². The average Bonchev–Trinajstić information content (AvgIpc) is 2.89. The third-order valence-electron chi connectivity index (χ3n) is 4.18. The van der Waals surface area contributed by atoms with Crippen LogP contribution in [0.5, 0.6) is 0 Å². The molecule has 0 heterocycles. The second-order valence-corrected chi connectivity index (χ2v) is 7.24. The Morgan fingerprint density at radius 3 is 2.39 bits per heavy atom. The molecule has 18 heavy (non-hydrogen) atoms. The van der Waals surface area contributed by atoms with Crippen LogP contribution in [0.3, 0.4) is 0 Å². The van der Waals surface area contributed by atoms with Crippen LogP contribution in [0, 0.1) is 11.8 Å². The maximum absolute atomic E-state index is 12.2. The lowest BCUT2D eigenvalue weighted by Crippen LogP contribution is -2.38. The smallest absolute Gasteiger partial charge is 0.251 e. The highest BCUT2D eigenvalue weighted by Crippen LogP contribution is 2.44. The number of amides is 1. The van der Waals surface area contributed by atoms with Gasteiger partial charge in [0.15, 0.2) is 0 Å². The molecule has 3 unspecified atom stereocenters. The summed E-state index contributed by atoms with van der Waals surface area (Å²) in [5, 5.41) is 3.20. The molecular weight excluding hydrogens is 358 g/mol. The Kier molecular flexibility index (Phi) is 3.50. The standard InChI is InChI=1S/C14H15Br2NO/c15-11-5-10(6-12(16)7-11)14(18)17-13-4-8-1-2-9(13)3-8/h5-9,13H,1-4H2,(H,17,18). The van der Waals surface area contributed by atoms with E-state index in [1.165, 1.54) is 25.7 Å². The molecule has 2 nitrogen and oxygen atoms in total. The first-order chi connectivity index (χ1) is 8.61. The first-order valence-electron chi connectivity index (χ1n) is 6.39. The molecular formula is C14H15Br2NO. The zero-order valence-corrected chi connectivity index (χ0v) is 13.1. The lowest BCUT2D eigenvalue weighted by atomic mass is 9.95. The highest BCUT2D eigenvalue weighted by atomic mass is 79.9. The lowest BCUT2D eigenvalue weighted by molar-refractivity contribution is 0.0923. The summed E-state index contributed by atoms with van der Waals surface area (Å²) < 4.78 is 1.85. The van der Waals surface area contributed by atoms with Gasteiger partial charge >= 0.3 is 0 Å². The summed E-state index contributed by atoms with van der Waals surface area (Å²) in [6.07, 6.45) is 5.13. The Morgan fingerprint density at radius 1 is 1.11 bits per heavy atom. The predicted octanol–water partition coefficient (Wildman–Crippen LogP) is 4.13. The van der Waals surface area contributed by atoms with Crippen LogP contribution in [0.25, 0.3) is 0 Å². The molecule has 2 bridgehead atoms. The van der Waals surface area contributed by atoms with Gasteiger partial charge in [-0.05, 0) is 49.3 Å². The summed E-state index contributed by atoms with van der Waals surface area (Å²) >= 11 is 6.83. The maximum Gasteiger partial charge on any atom is 0.251 e. The van der Waals surface area contributed by atoms with Gasteiger partial charge in [0, 0.05) is 20.6 Å². The zero-order chi connectivity index (χ0) is 12.7. The minimum absolute atomic E-state index is 0.0505. The third kappa shape index (κ3) is 2.50. The van der Waals surface area contributed by atoms with Crippen LogP contribution in [0.15, 0.2) is 27.1 Å². The molecule has 0 aromatic heterocycles. The summed E-state index contributed by atoms with van der Waals surface area (Å²) in [7, 11) is 0. The van der Waals surface area contributed by atoms with E-state index < -0.39 is 0 Å². The topological polar surface area (TPSA) is 29.1 Å².